The van der Waals surface area contributed by atoms with Crippen LogP contribution < -0.4 is 4.74 Å². The Bertz CT molecular complexity index is 1360. The first kappa shape index (κ1) is 19.0. The Kier molecular flexibility index (Phi) is 5.11. The van der Waals surface area contributed by atoms with E-state index in [9.17, 15) is 0 Å². The highest BCUT2D eigenvalue weighted by atomic mass is 32.2. The molecule has 2 heterocycles. The van der Waals surface area contributed by atoms with Crippen molar-refractivity contribution in [3.05, 3.63) is 77.3 Å². The minimum atomic E-state index is 0.804. The van der Waals surface area contributed by atoms with Crippen LogP contribution in [0.1, 0.15) is 10.6 Å². The normalized spacial score (nSPS) is 11.3. The van der Waals surface area contributed by atoms with Gasteiger partial charge in [-0.25, -0.2) is 4.98 Å². The smallest absolute Gasteiger partial charge is 0.146 e. The van der Waals surface area contributed by atoms with Crippen molar-refractivity contribution in [2.75, 3.05) is 7.11 Å². The molecule has 5 rings (SSSR count). The fraction of sp³-hybridized carbons (Fsp3) is 0.125. The van der Waals surface area contributed by atoms with Gasteiger partial charge in [0.25, 0.3) is 0 Å². The lowest BCUT2D eigenvalue weighted by Crippen LogP contribution is -1.94. The molecule has 0 fully saturated rings. The van der Waals surface area contributed by atoms with Crippen LogP contribution in [0, 0.1) is 6.92 Å². The molecule has 5 aromatic rings. The molecule has 3 aromatic carbocycles. The number of fused-ring (bicyclic) bond motifs is 2. The number of thioether (sulfide) groups is 1. The Morgan fingerprint density at radius 2 is 1.80 bits per heavy atom. The summed E-state index contributed by atoms with van der Waals surface area (Å²) in [4.78, 5) is 4.78. The van der Waals surface area contributed by atoms with Crippen molar-refractivity contribution in [3.63, 3.8) is 0 Å². The molecule has 4 nitrogen and oxygen atoms in total. The summed E-state index contributed by atoms with van der Waals surface area (Å²) in [6.45, 7) is 2.03. The van der Waals surface area contributed by atoms with E-state index in [4.69, 9.17) is 9.72 Å². The van der Waals surface area contributed by atoms with Gasteiger partial charge in [0.1, 0.15) is 22.0 Å². The van der Waals surface area contributed by atoms with Gasteiger partial charge in [0, 0.05) is 11.3 Å². The monoisotopic (exact) mass is 429 g/mol. The maximum Gasteiger partial charge on any atom is 0.146 e. The molecule has 0 bridgehead atoms. The molecule has 0 aliphatic heterocycles. The van der Waals surface area contributed by atoms with E-state index >= 15 is 0 Å². The topological polar surface area (TPSA) is 47.9 Å². The summed E-state index contributed by atoms with van der Waals surface area (Å²) in [5.74, 6) is 1.62. The number of hydrogen-bond acceptors (Lipinski definition) is 6. The molecule has 0 radical (unpaired) electrons. The van der Waals surface area contributed by atoms with Crippen molar-refractivity contribution in [2.45, 2.75) is 17.7 Å². The van der Waals surface area contributed by atoms with Crippen LogP contribution in [-0.2, 0) is 5.75 Å². The Hall–Kier alpha value is -2.96. The lowest BCUT2D eigenvalue weighted by Gasteiger charge is -2.08. The zero-order chi connectivity index (χ0) is 20.5. The van der Waals surface area contributed by atoms with Crippen LogP contribution in [-0.4, -0.2) is 22.3 Å². The van der Waals surface area contributed by atoms with Crippen molar-refractivity contribution >= 4 is 44.1 Å². The number of ether oxygens (including phenoxy) is 1. The van der Waals surface area contributed by atoms with E-state index in [1.54, 1.807) is 30.2 Å². The summed E-state index contributed by atoms with van der Waals surface area (Å²) in [5.41, 5.74) is 4.05. The molecule has 0 atom stereocenters. The number of rotatable bonds is 5. The summed E-state index contributed by atoms with van der Waals surface area (Å²) < 4.78 is 6.44. The second-order valence-corrected chi connectivity index (χ2v) is 9.09. The zero-order valence-corrected chi connectivity index (χ0v) is 18.3. The molecule has 0 amide bonds. The molecule has 0 spiro atoms. The number of nitrogens with zero attached hydrogens (tertiary/aromatic N) is 3. The third-order valence-electron chi connectivity index (χ3n) is 4.98. The van der Waals surface area contributed by atoms with E-state index in [1.165, 1.54) is 16.3 Å². The van der Waals surface area contributed by atoms with E-state index < -0.39 is 0 Å². The van der Waals surface area contributed by atoms with E-state index in [0.29, 0.717) is 0 Å². The minimum Gasteiger partial charge on any atom is -0.497 e. The molecule has 30 heavy (non-hydrogen) atoms. The Morgan fingerprint density at radius 1 is 0.967 bits per heavy atom. The van der Waals surface area contributed by atoms with Crippen LogP contribution in [0.15, 0.2) is 71.8 Å². The van der Waals surface area contributed by atoms with Crippen molar-refractivity contribution < 1.29 is 4.74 Å². The van der Waals surface area contributed by atoms with Crippen LogP contribution in [0.3, 0.4) is 0 Å². The second kappa shape index (κ2) is 8.05. The first-order valence-electron chi connectivity index (χ1n) is 9.60. The van der Waals surface area contributed by atoms with E-state index in [0.717, 1.165) is 43.0 Å². The number of hydrogen-bond donors (Lipinski definition) is 0. The number of aryl methyl sites for hydroxylation is 1. The summed E-state index contributed by atoms with van der Waals surface area (Å²) in [6, 6.07) is 22.8. The number of methoxy groups -OCH3 is 1. The van der Waals surface area contributed by atoms with Gasteiger partial charge in [-0.15, -0.1) is 21.5 Å². The highest BCUT2D eigenvalue weighted by Crippen LogP contribution is 2.37. The summed E-state index contributed by atoms with van der Waals surface area (Å²) in [6.07, 6.45) is 0. The predicted molar refractivity (Wildman–Crippen MR) is 125 cm³/mol. The third-order valence-corrected chi connectivity index (χ3v) is 6.96. The van der Waals surface area contributed by atoms with Crippen molar-refractivity contribution in [1.82, 2.24) is 15.2 Å². The molecule has 0 aliphatic carbocycles. The number of aromatic nitrogens is 3. The molecular weight excluding hydrogens is 410 g/mol. The highest BCUT2D eigenvalue weighted by Gasteiger charge is 2.16. The van der Waals surface area contributed by atoms with Gasteiger partial charge in [0.2, 0.25) is 0 Å². The molecule has 0 saturated carbocycles. The maximum atomic E-state index is 5.38. The summed E-state index contributed by atoms with van der Waals surface area (Å²) >= 11 is 3.35. The molecule has 0 aliphatic rings. The Labute approximate surface area is 183 Å². The average Bonchev–Trinajstić information content (AvgIpc) is 3.19. The van der Waals surface area contributed by atoms with Gasteiger partial charge >= 0.3 is 0 Å². The van der Waals surface area contributed by atoms with Gasteiger partial charge in [0.05, 0.1) is 16.8 Å². The van der Waals surface area contributed by atoms with E-state index in [-0.39, 0.29) is 0 Å². The average molecular weight is 430 g/mol. The standard InChI is InChI=1S/C24H19N3OS2/c1-15-25-22-23(30-15)21(17-9-6-11-19(13-17)28-2)26-27-24(22)29-14-18-10-5-8-16-7-3-4-12-20(16)18/h3-13H,14H2,1-2H3. The zero-order valence-electron chi connectivity index (χ0n) is 16.6. The fourth-order valence-corrected chi connectivity index (χ4v) is 5.46. The van der Waals surface area contributed by atoms with Gasteiger partial charge in [-0.2, -0.15) is 0 Å². The maximum absolute atomic E-state index is 5.38. The fourth-order valence-electron chi connectivity index (χ4n) is 3.54. The van der Waals surface area contributed by atoms with Crippen LogP contribution in [0.2, 0.25) is 0 Å². The molecule has 0 saturated heterocycles. The highest BCUT2D eigenvalue weighted by molar-refractivity contribution is 7.98. The second-order valence-electron chi connectivity index (χ2n) is 6.92. The van der Waals surface area contributed by atoms with Crippen LogP contribution in [0.4, 0.5) is 0 Å². The minimum absolute atomic E-state index is 0.804. The van der Waals surface area contributed by atoms with Crippen LogP contribution in [0.25, 0.3) is 32.2 Å². The third kappa shape index (κ3) is 3.53. The Morgan fingerprint density at radius 3 is 2.70 bits per heavy atom. The van der Waals surface area contributed by atoms with Crippen LogP contribution >= 0.6 is 23.1 Å². The summed E-state index contributed by atoms with van der Waals surface area (Å²) in [7, 11) is 1.67. The SMILES string of the molecule is COc1cccc(-c2nnc(SCc3cccc4ccccc34)c3nc(C)sc23)c1. The van der Waals surface area contributed by atoms with Crippen molar-refractivity contribution in [1.29, 1.82) is 0 Å². The molecule has 0 N–H and O–H groups in total. The number of thiazole rings is 1. The van der Waals surface area contributed by atoms with Gasteiger partial charge in [-0.05, 0) is 35.4 Å². The van der Waals surface area contributed by atoms with Gasteiger partial charge < -0.3 is 4.74 Å². The Balaban J connectivity index is 1.53. The van der Waals surface area contributed by atoms with Gasteiger partial charge in [-0.3, -0.25) is 0 Å². The first-order valence-corrected chi connectivity index (χ1v) is 11.4. The van der Waals surface area contributed by atoms with Crippen LogP contribution in [0.5, 0.6) is 5.75 Å². The summed E-state index contributed by atoms with van der Waals surface area (Å²) in [5, 5.41) is 13.6. The quantitative estimate of drug-likeness (QED) is 0.298. The predicted octanol–water partition coefficient (Wildman–Crippen LogP) is 6.52. The largest absolute Gasteiger partial charge is 0.497 e. The molecule has 148 valence electrons. The molecular formula is C24H19N3OS2. The molecule has 0 unspecified atom stereocenters. The number of benzene rings is 3. The van der Waals surface area contributed by atoms with E-state index in [1.807, 2.05) is 31.2 Å². The molecule has 6 heteroatoms. The lowest BCUT2D eigenvalue weighted by atomic mass is 10.1. The van der Waals surface area contributed by atoms with Crippen molar-refractivity contribution in [3.8, 4) is 17.0 Å². The van der Waals surface area contributed by atoms with E-state index in [2.05, 4.69) is 52.7 Å². The van der Waals surface area contributed by atoms with Gasteiger partial charge in [0.15, 0.2) is 0 Å². The molecule has 2 aromatic heterocycles. The van der Waals surface area contributed by atoms with Crippen molar-refractivity contribution in [2.24, 2.45) is 0 Å². The van der Waals surface area contributed by atoms with Gasteiger partial charge in [-0.1, -0.05) is 66.4 Å². The first-order chi connectivity index (χ1) is 14.7. The lowest BCUT2D eigenvalue weighted by molar-refractivity contribution is 0.415.